The van der Waals surface area contributed by atoms with Crippen LogP contribution in [0.15, 0.2) is 6.07 Å². The van der Waals surface area contributed by atoms with E-state index in [1.807, 2.05) is 6.07 Å². The van der Waals surface area contributed by atoms with Crippen LogP contribution in [0.4, 0.5) is 0 Å². The normalized spacial score (nSPS) is 29.8. The number of aromatic nitrogens is 2. The molecule has 0 bridgehead atoms. The third-order valence-electron chi connectivity index (χ3n) is 5.82. The smallest absolute Gasteiger partial charge is 0.274 e. The lowest BCUT2D eigenvalue weighted by Crippen LogP contribution is -2.59. The van der Waals surface area contributed by atoms with Crippen LogP contribution in [0.1, 0.15) is 79.9 Å². The molecular formula is C17H25N3O. The Hall–Kier alpha value is -1.32. The lowest BCUT2D eigenvalue weighted by molar-refractivity contribution is -0.00409. The molecule has 1 aliphatic heterocycles. The number of hydrogen-bond acceptors (Lipinski definition) is 2. The van der Waals surface area contributed by atoms with Gasteiger partial charge >= 0.3 is 0 Å². The van der Waals surface area contributed by atoms with E-state index in [1.165, 1.54) is 63.5 Å². The molecule has 21 heavy (non-hydrogen) atoms. The number of amides is 1. The summed E-state index contributed by atoms with van der Waals surface area (Å²) in [6, 6.07) is 2.52. The van der Waals surface area contributed by atoms with Crippen molar-refractivity contribution in [3.8, 4) is 0 Å². The van der Waals surface area contributed by atoms with Gasteiger partial charge in [0.2, 0.25) is 0 Å². The van der Waals surface area contributed by atoms with Crippen LogP contribution in [-0.2, 0) is 0 Å². The Morgan fingerprint density at radius 2 is 1.86 bits per heavy atom. The number of carbonyl (C=O) groups is 1. The Bertz CT molecular complexity index is 518. The zero-order valence-electron chi connectivity index (χ0n) is 12.7. The number of carbonyl (C=O) groups excluding carboxylic acids is 1. The summed E-state index contributed by atoms with van der Waals surface area (Å²) >= 11 is 0. The van der Waals surface area contributed by atoms with Crippen LogP contribution in [-0.4, -0.2) is 33.6 Å². The number of fused-ring (bicyclic) bond motifs is 1. The molecule has 2 saturated carbocycles. The van der Waals surface area contributed by atoms with E-state index >= 15 is 0 Å². The fourth-order valence-electron chi connectivity index (χ4n) is 4.51. The first-order valence-corrected chi connectivity index (χ1v) is 8.69. The molecule has 3 fully saturated rings. The second kappa shape index (κ2) is 5.47. The minimum atomic E-state index is 0.149. The van der Waals surface area contributed by atoms with E-state index in [4.69, 9.17) is 0 Å². The molecule has 2 atom stereocenters. The van der Waals surface area contributed by atoms with Gasteiger partial charge in [-0.2, -0.15) is 5.10 Å². The van der Waals surface area contributed by atoms with Gasteiger partial charge in [-0.3, -0.25) is 9.89 Å². The Labute approximate surface area is 126 Å². The molecule has 1 aromatic heterocycles. The Balaban J connectivity index is 1.44. The molecule has 3 aliphatic rings. The van der Waals surface area contributed by atoms with Crippen molar-refractivity contribution in [3.05, 3.63) is 17.5 Å². The van der Waals surface area contributed by atoms with Crippen LogP contribution in [0.3, 0.4) is 0 Å². The van der Waals surface area contributed by atoms with Crippen molar-refractivity contribution in [1.82, 2.24) is 15.1 Å². The molecule has 2 aliphatic carbocycles. The predicted octanol–water partition coefficient (Wildman–Crippen LogP) is 3.47. The Kier molecular flexibility index (Phi) is 3.48. The quantitative estimate of drug-likeness (QED) is 0.905. The summed E-state index contributed by atoms with van der Waals surface area (Å²) in [7, 11) is 0. The summed E-state index contributed by atoms with van der Waals surface area (Å²) in [6.07, 6.45) is 11.6. The molecule has 1 amide bonds. The second-order valence-corrected chi connectivity index (χ2v) is 7.11. The highest BCUT2D eigenvalue weighted by atomic mass is 16.2. The molecule has 1 saturated heterocycles. The zero-order valence-corrected chi connectivity index (χ0v) is 12.7. The molecule has 2 heterocycles. The number of aromatic amines is 1. The first kappa shape index (κ1) is 13.4. The van der Waals surface area contributed by atoms with Gasteiger partial charge in [0.15, 0.2) is 0 Å². The summed E-state index contributed by atoms with van der Waals surface area (Å²) in [6.45, 7) is 0.953. The second-order valence-electron chi connectivity index (χ2n) is 7.11. The first-order chi connectivity index (χ1) is 10.3. The lowest BCUT2D eigenvalue weighted by atomic mass is 9.76. The number of H-pyrrole nitrogens is 1. The van der Waals surface area contributed by atoms with Crippen LogP contribution < -0.4 is 0 Å². The van der Waals surface area contributed by atoms with Gasteiger partial charge in [0, 0.05) is 24.2 Å². The molecule has 4 heteroatoms. The highest BCUT2D eigenvalue weighted by Crippen LogP contribution is 2.38. The van der Waals surface area contributed by atoms with E-state index in [1.54, 1.807) is 0 Å². The molecule has 4 nitrogen and oxygen atoms in total. The number of nitrogens with one attached hydrogen (secondary N) is 1. The van der Waals surface area contributed by atoms with Gasteiger partial charge < -0.3 is 4.90 Å². The summed E-state index contributed by atoms with van der Waals surface area (Å²) in [5, 5.41) is 7.45. The average Bonchev–Trinajstić information content (AvgIpc) is 2.99. The highest BCUT2D eigenvalue weighted by molar-refractivity contribution is 5.93. The van der Waals surface area contributed by atoms with E-state index in [2.05, 4.69) is 15.1 Å². The summed E-state index contributed by atoms with van der Waals surface area (Å²) in [5.74, 6) is 1.50. The van der Waals surface area contributed by atoms with Crippen LogP contribution >= 0.6 is 0 Å². The van der Waals surface area contributed by atoms with Gasteiger partial charge in [0.25, 0.3) is 5.91 Å². The van der Waals surface area contributed by atoms with Crippen LogP contribution in [0, 0.1) is 5.92 Å². The summed E-state index contributed by atoms with van der Waals surface area (Å²) in [4.78, 5) is 14.7. The van der Waals surface area contributed by atoms with E-state index in [0.29, 0.717) is 17.7 Å². The molecule has 0 aromatic carbocycles. The van der Waals surface area contributed by atoms with Crippen molar-refractivity contribution in [2.24, 2.45) is 5.92 Å². The van der Waals surface area contributed by atoms with Gasteiger partial charge in [0.1, 0.15) is 5.69 Å². The van der Waals surface area contributed by atoms with E-state index in [0.717, 1.165) is 12.5 Å². The highest BCUT2D eigenvalue weighted by Gasteiger charge is 2.43. The summed E-state index contributed by atoms with van der Waals surface area (Å²) in [5.41, 5.74) is 1.82. The molecule has 1 aromatic rings. The van der Waals surface area contributed by atoms with Crippen LogP contribution in [0.25, 0.3) is 0 Å². The molecule has 114 valence electrons. The third kappa shape index (κ3) is 2.39. The van der Waals surface area contributed by atoms with Gasteiger partial charge in [0.05, 0.1) is 0 Å². The molecule has 0 radical (unpaired) electrons. The van der Waals surface area contributed by atoms with Gasteiger partial charge in [-0.15, -0.1) is 0 Å². The monoisotopic (exact) mass is 287 g/mol. The van der Waals surface area contributed by atoms with E-state index < -0.39 is 0 Å². The van der Waals surface area contributed by atoms with Crippen molar-refractivity contribution in [3.63, 3.8) is 0 Å². The molecule has 0 unspecified atom stereocenters. The van der Waals surface area contributed by atoms with Crippen molar-refractivity contribution >= 4 is 5.91 Å². The van der Waals surface area contributed by atoms with Crippen molar-refractivity contribution in [2.45, 2.75) is 69.7 Å². The standard InChI is InChI=1S/C17H25N3O/c21-17(20-11-13-8-4-5-9-16(13)20)15-10-14(18-19-15)12-6-2-1-3-7-12/h10,12-13,16H,1-9,11H2,(H,18,19)/t13-,16-/m0/s1. The Morgan fingerprint density at radius 3 is 2.67 bits per heavy atom. The maximum Gasteiger partial charge on any atom is 0.274 e. The van der Waals surface area contributed by atoms with Crippen molar-refractivity contribution in [2.75, 3.05) is 6.54 Å². The minimum Gasteiger partial charge on any atom is -0.334 e. The van der Waals surface area contributed by atoms with Gasteiger partial charge in [-0.1, -0.05) is 32.1 Å². The zero-order chi connectivity index (χ0) is 14.2. The van der Waals surface area contributed by atoms with E-state index in [-0.39, 0.29) is 5.91 Å². The average molecular weight is 287 g/mol. The molecule has 0 spiro atoms. The number of likely N-dealkylation sites (tertiary alicyclic amines) is 1. The topological polar surface area (TPSA) is 49.0 Å². The number of nitrogens with zero attached hydrogens (tertiary/aromatic N) is 2. The molecule has 1 N–H and O–H groups in total. The SMILES string of the molecule is O=C(c1cc(C2CCCCC2)[nH]n1)N1C[C@@H]2CCCC[C@@H]21. The van der Waals surface area contributed by atoms with E-state index in [9.17, 15) is 4.79 Å². The van der Waals surface area contributed by atoms with Crippen LogP contribution in [0.5, 0.6) is 0 Å². The molecule has 4 rings (SSSR count). The summed E-state index contributed by atoms with van der Waals surface area (Å²) < 4.78 is 0. The first-order valence-electron chi connectivity index (χ1n) is 8.69. The maximum atomic E-state index is 12.6. The molecular weight excluding hydrogens is 262 g/mol. The largest absolute Gasteiger partial charge is 0.334 e. The maximum absolute atomic E-state index is 12.6. The third-order valence-corrected chi connectivity index (χ3v) is 5.82. The number of rotatable bonds is 2. The fourth-order valence-corrected chi connectivity index (χ4v) is 4.51. The van der Waals surface area contributed by atoms with Gasteiger partial charge in [-0.25, -0.2) is 0 Å². The van der Waals surface area contributed by atoms with Crippen molar-refractivity contribution < 1.29 is 4.79 Å². The fraction of sp³-hybridized carbons (Fsp3) is 0.765. The van der Waals surface area contributed by atoms with Crippen molar-refractivity contribution in [1.29, 1.82) is 0 Å². The Morgan fingerprint density at radius 1 is 1.10 bits per heavy atom. The minimum absolute atomic E-state index is 0.149. The predicted molar refractivity (Wildman–Crippen MR) is 81.2 cm³/mol. The van der Waals surface area contributed by atoms with Crippen LogP contribution in [0.2, 0.25) is 0 Å². The number of hydrogen-bond donors (Lipinski definition) is 1. The lowest BCUT2D eigenvalue weighted by Gasteiger charge is -2.50. The van der Waals surface area contributed by atoms with Gasteiger partial charge in [-0.05, 0) is 37.7 Å².